The van der Waals surface area contributed by atoms with E-state index < -0.39 is 0 Å². The fraction of sp³-hybridized carbons (Fsp3) is 0.190. The van der Waals surface area contributed by atoms with Gasteiger partial charge in [0.25, 0.3) is 0 Å². The lowest BCUT2D eigenvalue weighted by Crippen LogP contribution is -1.95. The minimum Gasteiger partial charge on any atom is -0.493 e. The van der Waals surface area contributed by atoms with Crippen LogP contribution in [0, 0.1) is 6.92 Å². The van der Waals surface area contributed by atoms with Crippen molar-refractivity contribution in [2.45, 2.75) is 17.7 Å². The Balaban J connectivity index is 1.71. The first-order valence-electron chi connectivity index (χ1n) is 8.82. The van der Waals surface area contributed by atoms with Crippen LogP contribution in [-0.4, -0.2) is 29.4 Å². The smallest absolute Gasteiger partial charge is 0.161 e. The molecule has 2 aromatic heterocycles. The van der Waals surface area contributed by atoms with E-state index in [0.717, 1.165) is 42.3 Å². The Morgan fingerprint density at radius 3 is 2.48 bits per heavy atom. The summed E-state index contributed by atoms with van der Waals surface area (Å²) in [6.07, 6.45) is 0. The maximum absolute atomic E-state index is 5.97. The topological polar surface area (TPSA) is 57.1 Å². The van der Waals surface area contributed by atoms with Gasteiger partial charge in [-0.3, -0.25) is 0 Å². The lowest BCUT2D eigenvalue weighted by Gasteiger charge is -2.10. The molecule has 4 aromatic rings. The minimum atomic E-state index is 0.655. The number of benzene rings is 2. The number of aromatic nitrogens is 3. The average Bonchev–Trinajstić information content (AvgIpc) is 3.14. The summed E-state index contributed by atoms with van der Waals surface area (Å²) in [6, 6.07) is 13.6. The number of nitrogens with zero attached hydrogens (tertiary/aromatic N) is 3. The van der Waals surface area contributed by atoms with Gasteiger partial charge in [-0.15, -0.1) is 21.5 Å². The standard InChI is InChI=1S/C21H18ClN3O2S2/c1-12-23-19-20(29-12)18(14-6-9-16(26-2)17(10-14)27-3)24-25-21(19)28-11-13-4-7-15(22)8-5-13/h4-10H,11H2,1-3H3. The Morgan fingerprint density at radius 1 is 1.00 bits per heavy atom. The summed E-state index contributed by atoms with van der Waals surface area (Å²) < 4.78 is 11.8. The second-order valence-electron chi connectivity index (χ2n) is 6.25. The fourth-order valence-corrected chi connectivity index (χ4v) is 4.92. The second kappa shape index (κ2) is 8.57. The summed E-state index contributed by atoms with van der Waals surface area (Å²) in [4.78, 5) is 4.72. The number of fused-ring (bicyclic) bond motifs is 1. The molecule has 2 heterocycles. The predicted molar refractivity (Wildman–Crippen MR) is 120 cm³/mol. The van der Waals surface area contributed by atoms with Crippen LogP contribution in [0.5, 0.6) is 11.5 Å². The van der Waals surface area contributed by atoms with E-state index in [1.54, 1.807) is 37.3 Å². The molecular formula is C21H18ClN3O2S2. The maximum atomic E-state index is 5.97. The highest BCUT2D eigenvalue weighted by Crippen LogP contribution is 2.38. The third-order valence-corrected chi connectivity index (χ3v) is 6.59. The van der Waals surface area contributed by atoms with Crippen molar-refractivity contribution in [2.24, 2.45) is 0 Å². The normalized spacial score (nSPS) is 11.0. The lowest BCUT2D eigenvalue weighted by atomic mass is 10.1. The number of ether oxygens (including phenoxy) is 2. The quantitative estimate of drug-likeness (QED) is 0.339. The van der Waals surface area contributed by atoms with Crippen LogP contribution in [0.3, 0.4) is 0 Å². The molecule has 0 spiro atoms. The highest BCUT2D eigenvalue weighted by molar-refractivity contribution is 7.98. The first-order valence-corrected chi connectivity index (χ1v) is 11.0. The van der Waals surface area contributed by atoms with Crippen molar-refractivity contribution >= 4 is 44.9 Å². The Morgan fingerprint density at radius 2 is 1.76 bits per heavy atom. The molecule has 0 saturated heterocycles. The number of thioether (sulfide) groups is 1. The van der Waals surface area contributed by atoms with Crippen LogP contribution in [0.2, 0.25) is 5.02 Å². The van der Waals surface area contributed by atoms with Crippen molar-refractivity contribution in [1.29, 1.82) is 0 Å². The van der Waals surface area contributed by atoms with Crippen molar-refractivity contribution < 1.29 is 9.47 Å². The van der Waals surface area contributed by atoms with Crippen molar-refractivity contribution in [2.75, 3.05) is 14.2 Å². The molecular weight excluding hydrogens is 426 g/mol. The van der Waals surface area contributed by atoms with Crippen molar-refractivity contribution in [1.82, 2.24) is 15.2 Å². The molecule has 0 saturated carbocycles. The van der Waals surface area contributed by atoms with Crippen LogP contribution in [0.25, 0.3) is 21.5 Å². The van der Waals surface area contributed by atoms with Gasteiger partial charge in [-0.2, -0.15) is 0 Å². The van der Waals surface area contributed by atoms with E-state index in [1.807, 2.05) is 49.4 Å². The molecule has 0 bridgehead atoms. The molecule has 148 valence electrons. The predicted octanol–water partition coefficient (Wildman–Crippen LogP) is 6.02. The maximum Gasteiger partial charge on any atom is 0.161 e. The summed E-state index contributed by atoms with van der Waals surface area (Å²) >= 11 is 9.21. The van der Waals surface area contributed by atoms with Crippen molar-refractivity contribution in [3.8, 4) is 22.8 Å². The van der Waals surface area contributed by atoms with E-state index in [2.05, 4.69) is 10.2 Å². The molecule has 0 aliphatic carbocycles. The molecule has 0 fully saturated rings. The van der Waals surface area contributed by atoms with Crippen LogP contribution in [0.15, 0.2) is 47.5 Å². The Hall–Kier alpha value is -2.35. The summed E-state index contributed by atoms with van der Waals surface area (Å²) in [5.74, 6) is 2.10. The van der Waals surface area contributed by atoms with E-state index in [0.29, 0.717) is 11.5 Å². The van der Waals surface area contributed by atoms with E-state index in [1.165, 1.54) is 5.56 Å². The molecule has 0 radical (unpaired) electrons. The Kier molecular flexibility index (Phi) is 5.89. The summed E-state index contributed by atoms with van der Waals surface area (Å²) in [6.45, 7) is 2.00. The van der Waals surface area contributed by atoms with Gasteiger partial charge in [0.1, 0.15) is 16.2 Å². The summed E-state index contributed by atoms with van der Waals surface area (Å²) in [5.41, 5.74) is 3.76. The average molecular weight is 444 g/mol. The molecule has 0 amide bonds. The van der Waals surface area contributed by atoms with E-state index in [4.69, 9.17) is 26.1 Å². The molecule has 29 heavy (non-hydrogen) atoms. The number of rotatable bonds is 6. The number of hydrogen-bond acceptors (Lipinski definition) is 7. The van der Waals surface area contributed by atoms with Gasteiger partial charge < -0.3 is 9.47 Å². The highest BCUT2D eigenvalue weighted by Gasteiger charge is 2.17. The van der Waals surface area contributed by atoms with E-state index in [9.17, 15) is 0 Å². The Labute approximate surface area is 182 Å². The Bertz CT molecular complexity index is 1160. The molecule has 2 aromatic carbocycles. The van der Waals surface area contributed by atoms with Gasteiger partial charge in [-0.1, -0.05) is 35.5 Å². The molecule has 0 N–H and O–H groups in total. The van der Waals surface area contributed by atoms with Gasteiger partial charge in [-0.25, -0.2) is 4.98 Å². The van der Waals surface area contributed by atoms with Gasteiger partial charge >= 0.3 is 0 Å². The van der Waals surface area contributed by atoms with Gasteiger partial charge in [-0.05, 0) is 42.8 Å². The SMILES string of the molecule is COc1ccc(-c2nnc(SCc3ccc(Cl)cc3)c3nc(C)sc23)cc1OC. The molecule has 4 rings (SSSR count). The molecule has 0 atom stereocenters. The first-order chi connectivity index (χ1) is 14.1. The number of halogens is 1. The minimum absolute atomic E-state index is 0.655. The van der Waals surface area contributed by atoms with Gasteiger partial charge in [0, 0.05) is 16.3 Å². The number of thiazole rings is 1. The largest absolute Gasteiger partial charge is 0.493 e. The number of aryl methyl sites for hydroxylation is 1. The van der Waals surface area contributed by atoms with Gasteiger partial charge in [0.2, 0.25) is 0 Å². The van der Waals surface area contributed by atoms with Crippen LogP contribution in [0.1, 0.15) is 10.6 Å². The molecule has 0 unspecified atom stereocenters. The zero-order valence-corrected chi connectivity index (χ0v) is 18.5. The summed E-state index contributed by atoms with van der Waals surface area (Å²) in [5, 5.41) is 11.5. The fourth-order valence-electron chi connectivity index (χ4n) is 2.92. The third kappa shape index (κ3) is 4.17. The van der Waals surface area contributed by atoms with Crippen LogP contribution < -0.4 is 9.47 Å². The molecule has 0 aliphatic heterocycles. The van der Waals surface area contributed by atoms with Gasteiger partial charge in [0.15, 0.2) is 11.5 Å². The van der Waals surface area contributed by atoms with Crippen molar-refractivity contribution in [3.05, 3.63) is 58.1 Å². The van der Waals surface area contributed by atoms with Crippen molar-refractivity contribution in [3.63, 3.8) is 0 Å². The van der Waals surface area contributed by atoms with E-state index >= 15 is 0 Å². The van der Waals surface area contributed by atoms with Crippen LogP contribution in [0.4, 0.5) is 0 Å². The van der Waals surface area contributed by atoms with Crippen LogP contribution >= 0.6 is 34.7 Å². The van der Waals surface area contributed by atoms with E-state index in [-0.39, 0.29) is 0 Å². The molecule has 0 aliphatic rings. The monoisotopic (exact) mass is 443 g/mol. The first kappa shape index (κ1) is 19.9. The lowest BCUT2D eigenvalue weighted by molar-refractivity contribution is 0.355. The highest BCUT2D eigenvalue weighted by atomic mass is 35.5. The van der Waals surface area contributed by atoms with Gasteiger partial charge in [0.05, 0.1) is 23.9 Å². The number of hydrogen-bond donors (Lipinski definition) is 0. The number of methoxy groups -OCH3 is 2. The third-order valence-electron chi connectivity index (χ3n) is 4.34. The van der Waals surface area contributed by atoms with Crippen LogP contribution in [-0.2, 0) is 5.75 Å². The molecule has 8 heteroatoms. The second-order valence-corrected chi connectivity index (χ2v) is 8.85. The zero-order chi connectivity index (χ0) is 20.4. The zero-order valence-electron chi connectivity index (χ0n) is 16.1. The summed E-state index contributed by atoms with van der Waals surface area (Å²) in [7, 11) is 3.24. The molecule has 5 nitrogen and oxygen atoms in total.